The summed E-state index contributed by atoms with van der Waals surface area (Å²) in [5.41, 5.74) is 0.145. The number of benzene rings is 1. The Labute approximate surface area is 124 Å². The third-order valence-electron chi connectivity index (χ3n) is 4.62. The Balaban J connectivity index is 1.61. The number of halogens is 1. The zero-order valence-electron chi connectivity index (χ0n) is 12.0. The van der Waals surface area contributed by atoms with Crippen molar-refractivity contribution in [1.82, 2.24) is 9.80 Å². The number of nitrogens with zero attached hydrogens (tertiary/aromatic N) is 2. The van der Waals surface area contributed by atoms with Crippen LogP contribution in [0.15, 0.2) is 24.3 Å². The summed E-state index contributed by atoms with van der Waals surface area (Å²) in [4.78, 5) is 16.3. The first-order chi connectivity index (χ1) is 10.2. The van der Waals surface area contributed by atoms with E-state index in [0.29, 0.717) is 13.1 Å². The molecule has 3 rings (SSSR count). The van der Waals surface area contributed by atoms with Crippen LogP contribution in [0.3, 0.4) is 0 Å². The Morgan fingerprint density at radius 1 is 1.14 bits per heavy atom. The van der Waals surface area contributed by atoms with E-state index in [9.17, 15) is 14.3 Å². The van der Waals surface area contributed by atoms with Crippen LogP contribution in [0, 0.1) is 5.82 Å². The SMILES string of the molecule is O=C(c1ccccc1F)N1CCN(C2CCCC2O)CC1. The van der Waals surface area contributed by atoms with E-state index >= 15 is 0 Å². The van der Waals surface area contributed by atoms with Crippen LogP contribution in [0.1, 0.15) is 29.6 Å². The number of carbonyl (C=O) groups excluding carboxylic acids is 1. The molecule has 1 heterocycles. The Morgan fingerprint density at radius 2 is 1.86 bits per heavy atom. The average Bonchev–Trinajstić information content (AvgIpc) is 2.93. The molecule has 21 heavy (non-hydrogen) atoms. The first-order valence-electron chi connectivity index (χ1n) is 7.63. The molecule has 1 aromatic carbocycles. The molecule has 2 unspecified atom stereocenters. The van der Waals surface area contributed by atoms with E-state index in [-0.39, 0.29) is 23.6 Å². The lowest BCUT2D eigenvalue weighted by Crippen LogP contribution is -2.53. The summed E-state index contributed by atoms with van der Waals surface area (Å²) in [6.45, 7) is 2.69. The molecule has 1 saturated heterocycles. The van der Waals surface area contributed by atoms with Gasteiger partial charge in [-0.15, -0.1) is 0 Å². The van der Waals surface area contributed by atoms with Crippen molar-refractivity contribution in [2.24, 2.45) is 0 Å². The lowest BCUT2D eigenvalue weighted by molar-refractivity contribution is 0.0313. The van der Waals surface area contributed by atoms with Gasteiger partial charge in [0.05, 0.1) is 11.7 Å². The van der Waals surface area contributed by atoms with Crippen LogP contribution >= 0.6 is 0 Å². The van der Waals surface area contributed by atoms with Crippen LogP contribution in [0.25, 0.3) is 0 Å². The molecule has 2 atom stereocenters. The van der Waals surface area contributed by atoms with Gasteiger partial charge in [-0.2, -0.15) is 0 Å². The Kier molecular flexibility index (Phi) is 4.22. The van der Waals surface area contributed by atoms with Gasteiger partial charge < -0.3 is 10.0 Å². The molecular weight excluding hydrogens is 271 g/mol. The van der Waals surface area contributed by atoms with Gasteiger partial charge in [0, 0.05) is 32.2 Å². The van der Waals surface area contributed by atoms with Crippen molar-refractivity contribution in [3.8, 4) is 0 Å². The molecule has 0 spiro atoms. The molecule has 1 aliphatic carbocycles. The summed E-state index contributed by atoms with van der Waals surface area (Å²) in [7, 11) is 0. The van der Waals surface area contributed by atoms with Crippen molar-refractivity contribution < 1.29 is 14.3 Å². The summed E-state index contributed by atoms with van der Waals surface area (Å²) in [6, 6.07) is 6.35. The van der Waals surface area contributed by atoms with E-state index < -0.39 is 5.82 Å². The van der Waals surface area contributed by atoms with E-state index in [2.05, 4.69) is 4.90 Å². The van der Waals surface area contributed by atoms with Crippen molar-refractivity contribution in [3.63, 3.8) is 0 Å². The van der Waals surface area contributed by atoms with E-state index in [1.54, 1.807) is 17.0 Å². The van der Waals surface area contributed by atoms with E-state index in [1.807, 2.05) is 0 Å². The minimum Gasteiger partial charge on any atom is -0.391 e. The molecule has 2 aliphatic rings. The number of amides is 1. The fourth-order valence-electron chi connectivity index (χ4n) is 3.41. The predicted octanol–water partition coefficient (Wildman–Crippen LogP) is 1.50. The number of piperazine rings is 1. The first kappa shape index (κ1) is 14.5. The monoisotopic (exact) mass is 292 g/mol. The fraction of sp³-hybridized carbons (Fsp3) is 0.562. The van der Waals surface area contributed by atoms with Crippen molar-refractivity contribution in [3.05, 3.63) is 35.6 Å². The molecule has 1 aliphatic heterocycles. The molecule has 0 aromatic heterocycles. The molecule has 2 fully saturated rings. The maximum absolute atomic E-state index is 13.7. The topological polar surface area (TPSA) is 43.8 Å². The van der Waals surface area contributed by atoms with Gasteiger partial charge in [-0.1, -0.05) is 12.1 Å². The molecule has 4 nitrogen and oxygen atoms in total. The quantitative estimate of drug-likeness (QED) is 0.898. The Hall–Kier alpha value is -1.46. The minimum atomic E-state index is -0.462. The first-order valence-corrected chi connectivity index (χ1v) is 7.63. The third kappa shape index (κ3) is 2.94. The number of aliphatic hydroxyl groups is 1. The summed E-state index contributed by atoms with van der Waals surface area (Å²) >= 11 is 0. The lowest BCUT2D eigenvalue weighted by Gasteiger charge is -2.39. The Bertz CT molecular complexity index is 515. The normalized spacial score (nSPS) is 27.0. The molecule has 5 heteroatoms. The maximum Gasteiger partial charge on any atom is 0.256 e. The molecule has 1 saturated carbocycles. The highest BCUT2D eigenvalue weighted by Gasteiger charge is 2.33. The fourth-order valence-corrected chi connectivity index (χ4v) is 3.41. The zero-order chi connectivity index (χ0) is 14.8. The lowest BCUT2D eigenvalue weighted by atomic mass is 10.1. The van der Waals surface area contributed by atoms with E-state index in [4.69, 9.17) is 0 Å². The van der Waals surface area contributed by atoms with E-state index in [0.717, 1.165) is 32.4 Å². The second-order valence-electron chi connectivity index (χ2n) is 5.87. The highest BCUT2D eigenvalue weighted by atomic mass is 19.1. The molecule has 0 bridgehead atoms. The van der Waals surface area contributed by atoms with Crippen LogP contribution in [-0.4, -0.2) is 59.1 Å². The summed E-state index contributed by atoms with van der Waals surface area (Å²) in [6.07, 6.45) is 2.74. The molecular formula is C16H21FN2O2. The van der Waals surface area contributed by atoms with Crippen molar-refractivity contribution in [2.45, 2.75) is 31.4 Å². The second-order valence-corrected chi connectivity index (χ2v) is 5.87. The van der Waals surface area contributed by atoms with Gasteiger partial charge in [-0.05, 0) is 31.4 Å². The van der Waals surface area contributed by atoms with Gasteiger partial charge in [-0.25, -0.2) is 4.39 Å². The number of hydrogen-bond acceptors (Lipinski definition) is 3. The standard InChI is InChI=1S/C16H21FN2O2/c17-13-5-2-1-4-12(13)16(21)19-10-8-18(9-11-19)14-6-3-7-15(14)20/h1-2,4-5,14-15,20H,3,6-11H2. The molecule has 1 aromatic rings. The highest BCUT2D eigenvalue weighted by molar-refractivity contribution is 5.94. The maximum atomic E-state index is 13.7. The number of rotatable bonds is 2. The van der Waals surface area contributed by atoms with Crippen LogP contribution < -0.4 is 0 Å². The number of aliphatic hydroxyl groups excluding tert-OH is 1. The smallest absolute Gasteiger partial charge is 0.256 e. The van der Waals surface area contributed by atoms with Gasteiger partial charge in [0.2, 0.25) is 0 Å². The molecule has 0 radical (unpaired) electrons. The van der Waals surface area contributed by atoms with Crippen LogP contribution in [-0.2, 0) is 0 Å². The zero-order valence-corrected chi connectivity index (χ0v) is 12.0. The van der Waals surface area contributed by atoms with E-state index in [1.165, 1.54) is 12.1 Å². The van der Waals surface area contributed by atoms with Crippen molar-refractivity contribution in [1.29, 1.82) is 0 Å². The second kappa shape index (κ2) is 6.12. The number of carbonyl (C=O) groups is 1. The van der Waals surface area contributed by atoms with Crippen LogP contribution in [0.2, 0.25) is 0 Å². The van der Waals surface area contributed by atoms with Gasteiger partial charge in [0.25, 0.3) is 5.91 Å². The number of hydrogen-bond donors (Lipinski definition) is 1. The van der Waals surface area contributed by atoms with Gasteiger partial charge >= 0.3 is 0 Å². The summed E-state index contributed by atoms with van der Waals surface area (Å²) < 4.78 is 13.7. The summed E-state index contributed by atoms with van der Waals surface area (Å²) in [5, 5.41) is 9.96. The van der Waals surface area contributed by atoms with Crippen LogP contribution in [0.5, 0.6) is 0 Å². The van der Waals surface area contributed by atoms with Gasteiger partial charge in [-0.3, -0.25) is 9.69 Å². The minimum absolute atomic E-state index is 0.145. The largest absolute Gasteiger partial charge is 0.391 e. The summed E-state index contributed by atoms with van der Waals surface area (Å²) in [5.74, 6) is -0.698. The molecule has 114 valence electrons. The van der Waals surface area contributed by atoms with Crippen LogP contribution in [0.4, 0.5) is 4.39 Å². The molecule has 1 amide bonds. The highest BCUT2D eigenvalue weighted by Crippen LogP contribution is 2.25. The third-order valence-corrected chi connectivity index (χ3v) is 4.62. The van der Waals surface area contributed by atoms with Gasteiger partial charge in [0.15, 0.2) is 0 Å². The average molecular weight is 292 g/mol. The van der Waals surface area contributed by atoms with Crippen molar-refractivity contribution >= 4 is 5.91 Å². The predicted molar refractivity (Wildman–Crippen MR) is 77.5 cm³/mol. The Morgan fingerprint density at radius 3 is 2.48 bits per heavy atom. The van der Waals surface area contributed by atoms with Gasteiger partial charge in [0.1, 0.15) is 5.82 Å². The molecule has 1 N–H and O–H groups in total. The van der Waals surface area contributed by atoms with Crippen molar-refractivity contribution in [2.75, 3.05) is 26.2 Å².